The first-order valence-electron chi connectivity index (χ1n) is 7.64. The highest BCUT2D eigenvalue weighted by Crippen LogP contribution is 2.36. The van der Waals surface area contributed by atoms with Crippen LogP contribution in [0.5, 0.6) is 0 Å². The summed E-state index contributed by atoms with van der Waals surface area (Å²) in [5.74, 6) is -0.927. The molecule has 1 aliphatic rings. The highest BCUT2D eigenvalue weighted by Gasteiger charge is 2.40. The summed E-state index contributed by atoms with van der Waals surface area (Å²) in [6.07, 6.45) is 0. The molecule has 128 valence electrons. The Hall–Kier alpha value is -1.47. The van der Waals surface area contributed by atoms with Crippen LogP contribution < -0.4 is 5.73 Å². The maximum Gasteiger partial charge on any atom is 0.246 e. The van der Waals surface area contributed by atoms with Crippen LogP contribution in [0.25, 0.3) is 0 Å². The van der Waals surface area contributed by atoms with Crippen molar-refractivity contribution in [1.29, 1.82) is 0 Å². The Balaban J connectivity index is 1.94. The van der Waals surface area contributed by atoms with Crippen LogP contribution in [-0.4, -0.2) is 32.4 Å². The minimum absolute atomic E-state index is 0.00628. The Morgan fingerprint density at radius 3 is 2.50 bits per heavy atom. The zero-order chi connectivity index (χ0) is 17.3. The molecule has 1 saturated heterocycles. The van der Waals surface area contributed by atoms with Crippen molar-refractivity contribution in [2.75, 3.05) is 19.6 Å². The average Bonchev–Trinajstić information content (AvgIpc) is 3.03. The van der Waals surface area contributed by atoms with Crippen LogP contribution in [0.2, 0.25) is 5.02 Å². The molecule has 1 aliphatic heterocycles. The minimum Gasteiger partial charge on any atom is -0.330 e. The summed E-state index contributed by atoms with van der Waals surface area (Å²) < 4.78 is 41.2. The first-order chi connectivity index (χ1) is 11.4. The second kappa shape index (κ2) is 6.80. The van der Waals surface area contributed by atoms with Crippen LogP contribution in [0.4, 0.5) is 4.39 Å². The van der Waals surface area contributed by atoms with E-state index in [4.69, 9.17) is 17.3 Å². The average molecular weight is 369 g/mol. The van der Waals surface area contributed by atoms with Gasteiger partial charge in [0.25, 0.3) is 0 Å². The van der Waals surface area contributed by atoms with Crippen molar-refractivity contribution in [3.05, 3.63) is 64.9 Å². The van der Waals surface area contributed by atoms with Crippen molar-refractivity contribution in [1.82, 2.24) is 4.31 Å². The van der Waals surface area contributed by atoms with Gasteiger partial charge in [0.1, 0.15) is 4.90 Å². The van der Waals surface area contributed by atoms with Crippen LogP contribution in [0, 0.1) is 11.7 Å². The zero-order valence-corrected chi connectivity index (χ0v) is 14.5. The maximum absolute atomic E-state index is 14.2. The molecule has 1 fully saturated rings. The van der Waals surface area contributed by atoms with E-state index in [-0.39, 0.29) is 34.8 Å². The highest BCUT2D eigenvalue weighted by molar-refractivity contribution is 7.89. The second-order valence-corrected chi connectivity index (χ2v) is 8.20. The Morgan fingerprint density at radius 1 is 1.12 bits per heavy atom. The Labute approximate surface area is 146 Å². The molecule has 2 aromatic carbocycles. The molecule has 0 aliphatic carbocycles. The normalized spacial score (nSPS) is 22.0. The summed E-state index contributed by atoms with van der Waals surface area (Å²) in [7, 11) is -3.96. The Bertz CT molecular complexity index is 830. The molecule has 0 radical (unpaired) electrons. The van der Waals surface area contributed by atoms with E-state index in [1.807, 2.05) is 30.3 Å². The van der Waals surface area contributed by atoms with Crippen LogP contribution in [0.1, 0.15) is 11.5 Å². The summed E-state index contributed by atoms with van der Waals surface area (Å²) >= 11 is 5.73. The molecule has 2 aromatic rings. The fourth-order valence-electron chi connectivity index (χ4n) is 3.17. The van der Waals surface area contributed by atoms with Crippen LogP contribution in [0.3, 0.4) is 0 Å². The van der Waals surface area contributed by atoms with Gasteiger partial charge >= 0.3 is 0 Å². The SMILES string of the molecule is NC[C@@H]1CN(S(=O)(=O)c2cccc(Cl)c2F)C[C@H]1c1ccccc1. The van der Waals surface area contributed by atoms with Crippen molar-refractivity contribution < 1.29 is 12.8 Å². The smallest absolute Gasteiger partial charge is 0.246 e. The van der Waals surface area contributed by atoms with Crippen molar-refractivity contribution >= 4 is 21.6 Å². The molecule has 0 spiro atoms. The number of nitrogens with two attached hydrogens (primary N) is 1. The summed E-state index contributed by atoms with van der Waals surface area (Å²) in [6.45, 7) is 0.911. The van der Waals surface area contributed by atoms with Gasteiger partial charge in [-0.2, -0.15) is 4.31 Å². The quantitative estimate of drug-likeness (QED) is 0.902. The Morgan fingerprint density at radius 2 is 1.83 bits per heavy atom. The van der Waals surface area contributed by atoms with Gasteiger partial charge in [0.2, 0.25) is 10.0 Å². The van der Waals surface area contributed by atoms with Crippen molar-refractivity contribution in [2.24, 2.45) is 11.7 Å². The van der Waals surface area contributed by atoms with Gasteiger partial charge in [0, 0.05) is 19.0 Å². The fourth-order valence-corrected chi connectivity index (χ4v) is 5.01. The molecule has 7 heteroatoms. The lowest BCUT2D eigenvalue weighted by molar-refractivity contribution is 0.453. The fraction of sp³-hybridized carbons (Fsp3) is 0.294. The standard InChI is InChI=1S/C17H18ClFN2O2S/c18-15-7-4-8-16(17(15)19)24(22,23)21-10-13(9-20)14(11-21)12-5-2-1-3-6-12/h1-8,13-14H,9-11,20H2/t13-,14+/m1/s1. The van der Waals surface area contributed by atoms with Gasteiger partial charge in [-0.1, -0.05) is 48.0 Å². The number of halogens is 2. The predicted molar refractivity (Wildman–Crippen MR) is 91.9 cm³/mol. The van der Waals surface area contributed by atoms with E-state index in [9.17, 15) is 12.8 Å². The van der Waals surface area contributed by atoms with E-state index in [2.05, 4.69) is 0 Å². The summed E-state index contributed by atoms with van der Waals surface area (Å²) in [5, 5.41) is -0.203. The third-order valence-corrected chi connectivity index (χ3v) is 6.61. The van der Waals surface area contributed by atoms with Crippen molar-refractivity contribution in [2.45, 2.75) is 10.8 Å². The first-order valence-corrected chi connectivity index (χ1v) is 9.46. The predicted octanol–water partition coefficient (Wildman–Crippen LogP) is 2.84. The van der Waals surface area contributed by atoms with Gasteiger partial charge in [-0.3, -0.25) is 0 Å². The number of rotatable bonds is 4. The zero-order valence-electron chi connectivity index (χ0n) is 12.9. The Kier molecular flexibility index (Phi) is 4.92. The second-order valence-electron chi connectivity index (χ2n) is 5.89. The molecule has 3 rings (SSSR count). The molecular weight excluding hydrogens is 351 g/mol. The van der Waals surface area contributed by atoms with E-state index in [0.717, 1.165) is 5.56 Å². The molecule has 2 atom stereocenters. The lowest BCUT2D eigenvalue weighted by Gasteiger charge is -2.17. The summed E-state index contributed by atoms with van der Waals surface area (Å²) in [6, 6.07) is 13.7. The molecule has 0 aromatic heterocycles. The van der Waals surface area contributed by atoms with Gasteiger partial charge < -0.3 is 5.73 Å². The number of hydrogen-bond acceptors (Lipinski definition) is 3. The molecule has 4 nitrogen and oxygen atoms in total. The van der Waals surface area contributed by atoms with Gasteiger partial charge in [-0.25, -0.2) is 12.8 Å². The van der Waals surface area contributed by atoms with Crippen molar-refractivity contribution in [3.63, 3.8) is 0 Å². The minimum atomic E-state index is -3.96. The molecule has 1 heterocycles. The van der Waals surface area contributed by atoms with E-state index in [0.29, 0.717) is 6.54 Å². The van der Waals surface area contributed by atoms with E-state index in [1.165, 1.54) is 22.5 Å². The van der Waals surface area contributed by atoms with E-state index >= 15 is 0 Å². The molecule has 0 unspecified atom stereocenters. The van der Waals surface area contributed by atoms with Gasteiger partial charge in [0.05, 0.1) is 5.02 Å². The number of hydrogen-bond donors (Lipinski definition) is 1. The molecule has 2 N–H and O–H groups in total. The molecule has 24 heavy (non-hydrogen) atoms. The number of sulfonamides is 1. The summed E-state index contributed by atoms with van der Waals surface area (Å²) in [5.41, 5.74) is 6.88. The third kappa shape index (κ3) is 3.07. The maximum atomic E-state index is 14.2. The lowest BCUT2D eigenvalue weighted by Crippen LogP contribution is -2.30. The summed E-state index contributed by atoms with van der Waals surface area (Å²) in [4.78, 5) is -0.389. The van der Waals surface area contributed by atoms with Crippen LogP contribution >= 0.6 is 11.6 Å². The van der Waals surface area contributed by atoms with Crippen LogP contribution in [0.15, 0.2) is 53.4 Å². The van der Waals surface area contributed by atoms with Crippen LogP contribution in [-0.2, 0) is 10.0 Å². The molecule has 0 saturated carbocycles. The van der Waals surface area contributed by atoms with Gasteiger partial charge in [0.15, 0.2) is 5.82 Å². The first kappa shape index (κ1) is 17.4. The van der Waals surface area contributed by atoms with Gasteiger partial charge in [-0.15, -0.1) is 0 Å². The van der Waals surface area contributed by atoms with E-state index in [1.54, 1.807) is 0 Å². The topological polar surface area (TPSA) is 63.4 Å². The third-order valence-electron chi connectivity index (χ3n) is 4.47. The van der Waals surface area contributed by atoms with Crippen molar-refractivity contribution in [3.8, 4) is 0 Å². The monoisotopic (exact) mass is 368 g/mol. The number of benzene rings is 2. The molecule has 0 bridgehead atoms. The number of nitrogens with zero attached hydrogens (tertiary/aromatic N) is 1. The van der Waals surface area contributed by atoms with E-state index < -0.39 is 15.8 Å². The largest absolute Gasteiger partial charge is 0.330 e. The lowest BCUT2D eigenvalue weighted by atomic mass is 9.89. The highest BCUT2D eigenvalue weighted by atomic mass is 35.5. The van der Waals surface area contributed by atoms with Gasteiger partial charge in [-0.05, 0) is 30.2 Å². The molecular formula is C17H18ClFN2O2S. The molecule has 0 amide bonds.